The van der Waals surface area contributed by atoms with Crippen molar-refractivity contribution in [2.75, 3.05) is 0 Å². The number of furan rings is 1. The zero-order chi connectivity index (χ0) is 21.0. The van der Waals surface area contributed by atoms with E-state index in [0.29, 0.717) is 29.6 Å². The Morgan fingerprint density at radius 3 is 2.70 bits per heavy atom. The Morgan fingerprint density at radius 1 is 1.20 bits per heavy atom. The van der Waals surface area contributed by atoms with Gasteiger partial charge in [0.05, 0.1) is 16.5 Å². The van der Waals surface area contributed by atoms with E-state index in [-0.39, 0.29) is 45.8 Å². The van der Waals surface area contributed by atoms with E-state index in [0.717, 1.165) is 31.8 Å². The molecule has 1 atom stereocenters. The number of halogens is 2. The first-order chi connectivity index (χ1) is 14.4. The largest absolute Gasteiger partial charge is 0.459 e. The van der Waals surface area contributed by atoms with Crippen LogP contribution in [0.1, 0.15) is 56.4 Å². The number of carbonyl (C=O) groups is 3. The number of ether oxygens (including phenoxy) is 1. The summed E-state index contributed by atoms with van der Waals surface area (Å²) in [5.41, 5.74) is 1.59. The Kier molecular flexibility index (Phi) is 4.65. The summed E-state index contributed by atoms with van der Waals surface area (Å²) in [4.78, 5) is 36.1. The van der Waals surface area contributed by atoms with Gasteiger partial charge in [-0.25, -0.2) is 9.18 Å². The Hall–Kier alpha value is -2.67. The molecular formula is C22H19ClFNO5. The molecular weight excluding hydrogens is 413 g/mol. The van der Waals surface area contributed by atoms with Gasteiger partial charge in [0.15, 0.2) is 0 Å². The van der Waals surface area contributed by atoms with Gasteiger partial charge in [0.2, 0.25) is 0 Å². The summed E-state index contributed by atoms with van der Waals surface area (Å²) in [6.07, 6.45) is 5.95. The van der Waals surface area contributed by atoms with Crippen molar-refractivity contribution in [3.05, 3.63) is 39.0 Å². The average molecular weight is 432 g/mol. The first kappa shape index (κ1) is 19.3. The van der Waals surface area contributed by atoms with E-state index in [1.807, 2.05) is 0 Å². The fourth-order valence-electron chi connectivity index (χ4n) is 4.74. The van der Waals surface area contributed by atoms with Crippen LogP contribution in [-0.4, -0.2) is 23.9 Å². The number of amides is 2. The predicted molar refractivity (Wildman–Crippen MR) is 106 cm³/mol. The predicted octanol–water partition coefficient (Wildman–Crippen LogP) is 3.43. The average Bonchev–Trinajstić information content (AvgIpc) is 3.36. The van der Waals surface area contributed by atoms with Gasteiger partial charge in [0.25, 0.3) is 11.8 Å². The molecule has 2 amide bonds. The number of rotatable bonds is 3. The molecule has 2 bridgehead atoms. The normalized spacial score (nSPS) is 22.9. The molecule has 8 heteroatoms. The van der Waals surface area contributed by atoms with Crippen molar-refractivity contribution in [3.63, 3.8) is 0 Å². The second-order valence-corrected chi connectivity index (χ2v) is 8.48. The molecule has 1 aliphatic heterocycles. The molecule has 1 aromatic heterocycles. The standard InChI is InChI=1S/C22H19ClFNO5/c23-19-16-8-13(10-5-6-12-14(7-10)22(28)25-21(12)27)20(24)18(19)15(30-16)9-17(26)29-11-3-1-2-4-11/h8-11H,1-7H2,(H,25,27,28). The molecule has 6 nitrogen and oxygen atoms in total. The molecule has 1 aromatic carbocycles. The van der Waals surface area contributed by atoms with Crippen molar-refractivity contribution < 1.29 is 27.9 Å². The van der Waals surface area contributed by atoms with Gasteiger partial charge in [0, 0.05) is 11.1 Å². The third kappa shape index (κ3) is 3.12. The van der Waals surface area contributed by atoms with Gasteiger partial charge in [-0.1, -0.05) is 11.6 Å². The lowest BCUT2D eigenvalue weighted by Crippen LogP contribution is -2.22. The van der Waals surface area contributed by atoms with Crippen molar-refractivity contribution in [3.8, 4) is 0 Å². The molecule has 2 aliphatic carbocycles. The van der Waals surface area contributed by atoms with Crippen LogP contribution in [0.5, 0.6) is 0 Å². The molecule has 156 valence electrons. The maximum atomic E-state index is 15.4. The summed E-state index contributed by atoms with van der Waals surface area (Å²) in [6.45, 7) is 0. The number of fused-ring (bicyclic) bond motifs is 2. The molecule has 1 unspecified atom stereocenters. The smallest absolute Gasteiger partial charge is 0.334 e. The highest BCUT2D eigenvalue weighted by Crippen LogP contribution is 2.42. The molecule has 0 spiro atoms. The van der Waals surface area contributed by atoms with E-state index in [4.69, 9.17) is 20.8 Å². The molecule has 30 heavy (non-hydrogen) atoms. The number of hydrogen-bond acceptors (Lipinski definition) is 5. The van der Waals surface area contributed by atoms with E-state index in [1.165, 1.54) is 6.07 Å². The lowest BCUT2D eigenvalue weighted by molar-refractivity contribution is -0.140. The lowest BCUT2D eigenvalue weighted by Gasteiger charge is -2.22. The van der Waals surface area contributed by atoms with Gasteiger partial charge >= 0.3 is 5.97 Å². The van der Waals surface area contributed by atoms with Crippen LogP contribution in [0.15, 0.2) is 21.6 Å². The van der Waals surface area contributed by atoms with Gasteiger partial charge < -0.3 is 9.15 Å². The fourth-order valence-corrected chi connectivity index (χ4v) is 5.01. The maximum Gasteiger partial charge on any atom is 0.334 e. The van der Waals surface area contributed by atoms with Crippen LogP contribution in [0.2, 0.25) is 5.02 Å². The molecule has 5 rings (SSSR count). The van der Waals surface area contributed by atoms with Crippen LogP contribution in [0.3, 0.4) is 0 Å². The minimum absolute atomic E-state index is 0.0336. The Balaban J connectivity index is 1.48. The monoisotopic (exact) mass is 431 g/mol. The van der Waals surface area contributed by atoms with E-state index in [2.05, 4.69) is 5.32 Å². The summed E-state index contributed by atoms with van der Waals surface area (Å²) < 4.78 is 26.5. The van der Waals surface area contributed by atoms with Crippen LogP contribution in [0, 0.1) is 5.82 Å². The van der Waals surface area contributed by atoms with E-state index in [1.54, 1.807) is 0 Å². The highest BCUT2D eigenvalue weighted by molar-refractivity contribution is 6.37. The second-order valence-electron chi connectivity index (χ2n) is 8.10. The summed E-state index contributed by atoms with van der Waals surface area (Å²) in [5.74, 6) is -2.20. The number of esters is 1. The highest BCUT2D eigenvalue weighted by atomic mass is 35.5. The molecule has 2 aromatic rings. The Morgan fingerprint density at radius 2 is 1.93 bits per heavy atom. The highest BCUT2D eigenvalue weighted by Gasteiger charge is 2.37. The molecule has 1 N–H and O–H groups in total. The van der Waals surface area contributed by atoms with Crippen molar-refractivity contribution in [1.29, 1.82) is 0 Å². The first-order valence-corrected chi connectivity index (χ1v) is 10.5. The van der Waals surface area contributed by atoms with Crippen LogP contribution in [0.4, 0.5) is 4.39 Å². The summed E-state index contributed by atoms with van der Waals surface area (Å²) in [7, 11) is 0. The molecule has 0 saturated heterocycles. The molecule has 1 fully saturated rings. The number of benzene rings is 1. The van der Waals surface area contributed by atoms with Crippen LogP contribution >= 0.6 is 11.6 Å². The van der Waals surface area contributed by atoms with Gasteiger partial charge in [-0.15, -0.1) is 0 Å². The molecule has 0 radical (unpaired) electrons. The van der Waals surface area contributed by atoms with Gasteiger partial charge in [-0.3, -0.25) is 14.9 Å². The summed E-state index contributed by atoms with van der Waals surface area (Å²) in [6, 6.07) is 1.52. The zero-order valence-corrected chi connectivity index (χ0v) is 16.8. The van der Waals surface area contributed by atoms with Crippen LogP contribution in [-0.2, 0) is 19.1 Å². The lowest BCUT2D eigenvalue weighted by atomic mass is 9.80. The third-order valence-corrected chi connectivity index (χ3v) is 6.64. The molecule has 3 aliphatic rings. The van der Waals surface area contributed by atoms with Gasteiger partial charge in [-0.05, 0) is 62.5 Å². The van der Waals surface area contributed by atoms with E-state index >= 15 is 4.39 Å². The van der Waals surface area contributed by atoms with Crippen molar-refractivity contribution in [2.45, 2.75) is 57.0 Å². The van der Waals surface area contributed by atoms with Gasteiger partial charge in [-0.2, -0.15) is 0 Å². The minimum Gasteiger partial charge on any atom is -0.459 e. The second kappa shape index (κ2) is 7.23. The number of nitrogens with one attached hydrogen (secondary N) is 1. The Bertz CT molecular complexity index is 1170. The summed E-state index contributed by atoms with van der Waals surface area (Å²) in [5, 5.41) is 2.45. The van der Waals surface area contributed by atoms with E-state index in [9.17, 15) is 14.4 Å². The van der Waals surface area contributed by atoms with Crippen molar-refractivity contribution >= 4 is 46.4 Å². The number of imide groups is 1. The Labute approximate surface area is 176 Å². The topological polar surface area (TPSA) is 85.6 Å². The molecule has 1 saturated carbocycles. The fraction of sp³-hybridized carbons (Fsp3) is 0.409. The minimum atomic E-state index is -0.579. The van der Waals surface area contributed by atoms with Crippen LogP contribution < -0.4 is 10.7 Å². The quantitative estimate of drug-likeness (QED) is 0.594. The third-order valence-electron chi connectivity index (χ3n) is 6.27. The summed E-state index contributed by atoms with van der Waals surface area (Å²) >= 11 is 6.26. The number of carbonyl (C=O) groups excluding carboxylic acids is 3. The van der Waals surface area contributed by atoms with Crippen molar-refractivity contribution in [2.24, 2.45) is 0 Å². The SMILES string of the molecule is O=C(C=c1oc2cc(C3CCC4=C(C3)C(=O)NC4=O)c(F)c1c2Cl)OC1CCCC1. The van der Waals surface area contributed by atoms with Gasteiger partial charge in [0.1, 0.15) is 22.9 Å². The molecule has 2 heterocycles. The van der Waals surface area contributed by atoms with Crippen molar-refractivity contribution in [1.82, 2.24) is 5.32 Å². The first-order valence-electron chi connectivity index (χ1n) is 10.1. The van der Waals surface area contributed by atoms with Crippen LogP contribution in [0.25, 0.3) is 17.0 Å². The zero-order valence-electron chi connectivity index (χ0n) is 16.1. The maximum absolute atomic E-state index is 15.4. The van der Waals surface area contributed by atoms with E-state index < -0.39 is 17.7 Å². The number of hydrogen-bond donors (Lipinski definition) is 1.